The van der Waals surface area contributed by atoms with Crippen LogP contribution in [0.4, 0.5) is 0 Å². The zero-order chi connectivity index (χ0) is 18.5. The van der Waals surface area contributed by atoms with Gasteiger partial charge in [0.2, 0.25) is 0 Å². The average Bonchev–Trinajstić information content (AvgIpc) is 3.03. The number of carbonyl (C=O) groups excluding carboxylic acids is 1. The number of rotatable bonds is 6. The van der Waals surface area contributed by atoms with Gasteiger partial charge in [-0.15, -0.1) is 17.0 Å². The molecule has 2 aromatic carbocycles. The molecule has 1 aliphatic heterocycles. The highest BCUT2D eigenvalue weighted by atomic mass is 79.9. The molecule has 1 saturated heterocycles. The molecule has 1 fully saturated rings. The fourth-order valence-corrected chi connectivity index (χ4v) is 3.55. The third kappa shape index (κ3) is 5.41. The zero-order valence-electron chi connectivity index (χ0n) is 15.8. The van der Waals surface area contributed by atoms with E-state index in [4.69, 9.17) is 4.74 Å². The van der Waals surface area contributed by atoms with Gasteiger partial charge in [-0.05, 0) is 17.0 Å². The smallest absolute Gasteiger partial charge is 0.323 e. The van der Waals surface area contributed by atoms with Crippen molar-refractivity contribution in [3.63, 3.8) is 0 Å². The molecule has 146 valence electrons. The van der Waals surface area contributed by atoms with Crippen molar-refractivity contribution in [2.75, 3.05) is 13.2 Å². The summed E-state index contributed by atoms with van der Waals surface area (Å²) in [6.07, 6.45) is -0.117. The van der Waals surface area contributed by atoms with E-state index in [1.165, 1.54) is 0 Å². The first-order valence-electron chi connectivity index (χ1n) is 9.26. The lowest BCUT2D eigenvalue weighted by Crippen LogP contribution is -2.40. The highest BCUT2D eigenvalue weighted by molar-refractivity contribution is 8.93. The van der Waals surface area contributed by atoms with Crippen LogP contribution >= 0.6 is 17.0 Å². The Hall–Kier alpha value is -1.69. The molecule has 2 atom stereocenters. The molecule has 0 spiro atoms. The van der Waals surface area contributed by atoms with Gasteiger partial charge < -0.3 is 9.84 Å². The molecule has 0 saturated carbocycles. The van der Waals surface area contributed by atoms with Gasteiger partial charge in [0.1, 0.15) is 6.04 Å². The van der Waals surface area contributed by atoms with E-state index in [1.54, 1.807) is 0 Å². The second kappa shape index (κ2) is 10.0. The Morgan fingerprint density at radius 2 is 1.59 bits per heavy atom. The molecule has 0 amide bonds. The van der Waals surface area contributed by atoms with Crippen LogP contribution in [0.3, 0.4) is 0 Å². The van der Waals surface area contributed by atoms with Gasteiger partial charge in [-0.25, -0.2) is 0 Å². The summed E-state index contributed by atoms with van der Waals surface area (Å²) < 4.78 is 5.50. The van der Waals surface area contributed by atoms with Crippen molar-refractivity contribution in [1.82, 2.24) is 4.90 Å². The number of benzene rings is 2. The molecule has 0 aliphatic carbocycles. The van der Waals surface area contributed by atoms with Crippen molar-refractivity contribution in [3.8, 4) is 0 Å². The molecule has 1 heterocycles. The highest BCUT2D eigenvalue weighted by Crippen LogP contribution is 2.35. The first-order valence-corrected chi connectivity index (χ1v) is 9.26. The summed E-state index contributed by atoms with van der Waals surface area (Å²) in [5, 5.41) is 10.3. The number of likely N-dealkylation sites (tertiary alicyclic amines) is 1. The van der Waals surface area contributed by atoms with Crippen LogP contribution in [0.15, 0.2) is 60.7 Å². The molecule has 0 bridgehead atoms. The third-order valence-electron chi connectivity index (χ3n) is 4.71. The summed E-state index contributed by atoms with van der Waals surface area (Å²) >= 11 is 0. The summed E-state index contributed by atoms with van der Waals surface area (Å²) in [4.78, 5) is 14.8. The van der Waals surface area contributed by atoms with Gasteiger partial charge in [0.25, 0.3) is 0 Å². The first kappa shape index (κ1) is 21.6. The van der Waals surface area contributed by atoms with Crippen LogP contribution in [0.2, 0.25) is 0 Å². The number of ether oxygens (including phenoxy) is 1. The molecule has 27 heavy (non-hydrogen) atoms. The summed E-state index contributed by atoms with van der Waals surface area (Å²) in [5.74, 6) is 0.0462. The third-order valence-corrected chi connectivity index (χ3v) is 4.71. The van der Waals surface area contributed by atoms with E-state index in [-0.39, 0.29) is 34.9 Å². The van der Waals surface area contributed by atoms with E-state index >= 15 is 0 Å². The van der Waals surface area contributed by atoms with E-state index in [0.29, 0.717) is 19.6 Å². The van der Waals surface area contributed by atoms with Crippen LogP contribution in [0, 0.1) is 5.92 Å². The van der Waals surface area contributed by atoms with E-state index in [2.05, 4.69) is 29.2 Å². The molecule has 5 heteroatoms. The Morgan fingerprint density at radius 1 is 1.07 bits per heavy atom. The molecular formula is C22H28BrNO3. The molecule has 0 aromatic heterocycles. The van der Waals surface area contributed by atoms with Crippen molar-refractivity contribution >= 4 is 23.0 Å². The molecule has 0 radical (unpaired) electrons. The zero-order valence-corrected chi connectivity index (χ0v) is 17.5. The number of hydrogen-bond donors (Lipinski definition) is 1. The molecule has 1 unspecified atom stereocenters. The number of β-amino-alcohol motifs (C(OH)–C–C–N with tert-alkyl or cyclic N) is 1. The van der Waals surface area contributed by atoms with Crippen molar-refractivity contribution in [2.45, 2.75) is 38.5 Å². The minimum absolute atomic E-state index is 0. The number of halogens is 1. The standard InChI is InChI=1S/C22H27NO3.BrH/c1-16(2)15-26-22(25)20-13-19(24)14-23(20)21(17-9-5-3-6-10-17)18-11-7-4-8-12-18;/h3-12,16,19-21,24H,13-15H2,1-2H3;1H/t19?,20-;/m0./s1. The predicted octanol–water partition coefficient (Wildman–Crippen LogP) is 3.99. The van der Waals surface area contributed by atoms with E-state index in [0.717, 1.165) is 11.1 Å². The fourth-order valence-electron chi connectivity index (χ4n) is 3.55. The molecule has 3 rings (SSSR count). The first-order chi connectivity index (χ1) is 12.6. The number of aliphatic hydroxyl groups excluding tert-OH is 1. The number of nitrogens with zero attached hydrogens (tertiary/aromatic N) is 1. The van der Waals surface area contributed by atoms with Crippen LogP contribution in [0.1, 0.15) is 37.4 Å². The minimum atomic E-state index is -0.526. The van der Waals surface area contributed by atoms with Gasteiger partial charge in [-0.2, -0.15) is 0 Å². The Balaban J connectivity index is 0.00000261. The molecule has 4 nitrogen and oxygen atoms in total. The van der Waals surface area contributed by atoms with Gasteiger partial charge in [-0.1, -0.05) is 74.5 Å². The second-order valence-corrected chi connectivity index (χ2v) is 7.35. The Kier molecular flexibility index (Phi) is 8.02. The lowest BCUT2D eigenvalue weighted by Gasteiger charge is -2.32. The second-order valence-electron chi connectivity index (χ2n) is 7.35. The van der Waals surface area contributed by atoms with Crippen molar-refractivity contribution in [3.05, 3.63) is 71.8 Å². The van der Waals surface area contributed by atoms with Crippen molar-refractivity contribution in [2.24, 2.45) is 5.92 Å². The summed E-state index contributed by atoms with van der Waals surface area (Å²) in [7, 11) is 0. The number of esters is 1. The van der Waals surface area contributed by atoms with Crippen molar-refractivity contribution in [1.29, 1.82) is 0 Å². The lowest BCUT2D eigenvalue weighted by atomic mass is 9.96. The monoisotopic (exact) mass is 433 g/mol. The predicted molar refractivity (Wildman–Crippen MR) is 112 cm³/mol. The molecular weight excluding hydrogens is 406 g/mol. The van der Waals surface area contributed by atoms with Gasteiger partial charge in [0, 0.05) is 13.0 Å². The molecule has 1 N–H and O–H groups in total. The number of carbonyl (C=O) groups is 1. The average molecular weight is 434 g/mol. The largest absolute Gasteiger partial charge is 0.464 e. The van der Waals surface area contributed by atoms with Crippen LogP contribution in [-0.4, -0.2) is 41.3 Å². The minimum Gasteiger partial charge on any atom is -0.464 e. The maximum atomic E-state index is 12.7. The van der Waals surface area contributed by atoms with Gasteiger partial charge in [-0.3, -0.25) is 9.69 Å². The van der Waals surface area contributed by atoms with Crippen molar-refractivity contribution < 1.29 is 14.6 Å². The number of aliphatic hydroxyl groups is 1. The van der Waals surface area contributed by atoms with Gasteiger partial charge >= 0.3 is 5.97 Å². The SMILES string of the molecule is Br.CC(C)COC(=O)[C@@H]1CC(O)CN1C(c1ccccc1)c1ccccc1. The van der Waals surface area contributed by atoms with Crippen LogP contribution in [0.5, 0.6) is 0 Å². The molecule has 1 aliphatic rings. The van der Waals surface area contributed by atoms with Crippen LogP contribution in [-0.2, 0) is 9.53 Å². The lowest BCUT2D eigenvalue weighted by molar-refractivity contribution is -0.150. The van der Waals surface area contributed by atoms with E-state index in [9.17, 15) is 9.90 Å². The topological polar surface area (TPSA) is 49.8 Å². The quantitative estimate of drug-likeness (QED) is 0.699. The Bertz CT molecular complexity index is 669. The maximum absolute atomic E-state index is 12.7. The molecule has 2 aromatic rings. The Labute approximate surface area is 171 Å². The highest BCUT2D eigenvalue weighted by Gasteiger charge is 2.41. The van der Waals surface area contributed by atoms with Crippen LogP contribution < -0.4 is 0 Å². The fraction of sp³-hybridized carbons (Fsp3) is 0.409. The number of hydrogen-bond acceptors (Lipinski definition) is 4. The Morgan fingerprint density at radius 3 is 2.07 bits per heavy atom. The normalized spacial score (nSPS) is 19.9. The summed E-state index contributed by atoms with van der Waals surface area (Å²) in [5.41, 5.74) is 2.21. The van der Waals surface area contributed by atoms with Crippen LogP contribution in [0.25, 0.3) is 0 Å². The van der Waals surface area contributed by atoms with Gasteiger partial charge in [0.05, 0.1) is 18.8 Å². The van der Waals surface area contributed by atoms with E-state index < -0.39 is 12.1 Å². The van der Waals surface area contributed by atoms with Gasteiger partial charge in [0.15, 0.2) is 0 Å². The maximum Gasteiger partial charge on any atom is 0.323 e. The summed E-state index contributed by atoms with van der Waals surface area (Å²) in [6.45, 7) is 4.90. The van der Waals surface area contributed by atoms with E-state index in [1.807, 2.05) is 50.2 Å². The summed E-state index contributed by atoms with van der Waals surface area (Å²) in [6, 6.07) is 19.7.